The number of aromatic nitrogens is 2. The number of carbonyl (C=O) groups excluding carboxylic acids is 1. The summed E-state index contributed by atoms with van der Waals surface area (Å²) >= 11 is 1.46. The second-order valence-electron chi connectivity index (χ2n) is 5.47. The molecule has 0 atom stereocenters. The average molecular weight is 420 g/mol. The van der Waals surface area contributed by atoms with E-state index in [9.17, 15) is 4.79 Å². The van der Waals surface area contributed by atoms with E-state index < -0.39 is 0 Å². The number of amides is 1. The second-order valence-corrected chi connectivity index (χ2v) is 6.41. The van der Waals surface area contributed by atoms with Crippen molar-refractivity contribution in [1.82, 2.24) is 15.3 Å². The van der Waals surface area contributed by atoms with E-state index in [0.717, 1.165) is 42.7 Å². The van der Waals surface area contributed by atoms with Crippen LogP contribution in [-0.4, -0.2) is 48.7 Å². The topological polar surface area (TPSA) is 93.4 Å². The van der Waals surface area contributed by atoms with Gasteiger partial charge in [-0.05, 0) is 18.2 Å². The molecule has 26 heavy (non-hydrogen) atoms. The lowest BCUT2D eigenvalue weighted by Gasteiger charge is -2.27. The van der Waals surface area contributed by atoms with Crippen LogP contribution in [0.3, 0.4) is 0 Å². The van der Waals surface area contributed by atoms with Gasteiger partial charge < -0.3 is 20.7 Å². The molecule has 144 valence electrons. The van der Waals surface area contributed by atoms with Crippen molar-refractivity contribution in [1.29, 1.82) is 0 Å². The van der Waals surface area contributed by atoms with Gasteiger partial charge in [-0.2, -0.15) is 0 Å². The molecule has 2 aromatic heterocycles. The third-order valence-electron chi connectivity index (χ3n) is 3.74. The first-order chi connectivity index (χ1) is 11.8. The predicted octanol–water partition coefficient (Wildman–Crippen LogP) is 1.65. The SMILES string of the molecule is Cl.Cl.NCCc1nc(C(=O)NCc2ccc(N3CCOCC3)nc2)cs1. The van der Waals surface area contributed by atoms with E-state index >= 15 is 0 Å². The maximum Gasteiger partial charge on any atom is 0.271 e. The number of ether oxygens (including phenoxy) is 1. The molecule has 3 rings (SSSR count). The van der Waals surface area contributed by atoms with Gasteiger partial charge in [0.05, 0.1) is 18.2 Å². The maximum absolute atomic E-state index is 12.1. The van der Waals surface area contributed by atoms with Crippen LogP contribution >= 0.6 is 36.2 Å². The fraction of sp³-hybridized carbons (Fsp3) is 0.438. The maximum atomic E-state index is 12.1. The van der Waals surface area contributed by atoms with Crippen LogP contribution < -0.4 is 16.0 Å². The Balaban J connectivity index is 0.00000169. The summed E-state index contributed by atoms with van der Waals surface area (Å²) in [6.07, 6.45) is 2.50. The van der Waals surface area contributed by atoms with Crippen LogP contribution in [0, 0.1) is 0 Å². The molecule has 0 spiro atoms. The largest absolute Gasteiger partial charge is 0.378 e. The summed E-state index contributed by atoms with van der Waals surface area (Å²) < 4.78 is 5.34. The third-order valence-corrected chi connectivity index (χ3v) is 4.65. The number of halogens is 2. The van der Waals surface area contributed by atoms with Gasteiger partial charge in [-0.15, -0.1) is 36.2 Å². The number of rotatable bonds is 6. The number of hydrogen-bond donors (Lipinski definition) is 2. The van der Waals surface area contributed by atoms with Crippen molar-refractivity contribution in [3.8, 4) is 0 Å². The Hall–Kier alpha value is -1.45. The Morgan fingerprint density at radius 3 is 2.73 bits per heavy atom. The molecule has 10 heteroatoms. The van der Waals surface area contributed by atoms with Gasteiger partial charge in [0.25, 0.3) is 5.91 Å². The molecule has 3 heterocycles. The van der Waals surface area contributed by atoms with Crippen LogP contribution in [0.4, 0.5) is 5.82 Å². The zero-order chi connectivity index (χ0) is 16.8. The number of thiazole rings is 1. The van der Waals surface area contributed by atoms with Gasteiger partial charge >= 0.3 is 0 Å². The summed E-state index contributed by atoms with van der Waals surface area (Å²) in [5.74, 6) is 0.770. The first-order valence-electron chi connectivity index (χ1n) is 7.96. The third kappa shape index (κ3) is 6.07. The van der Waals surface area contributed by atoms with Crippen LogP contribution in [-0.2, 0) is 17.7 Å². The summed E-state index contributed by atoms with van der Waals surface area (Å²) in [7, 11) is 0. The second kappa shape index (κ2) is 11.3. The molecular weight excluding hydrogens is 397 g/mol. The van der Waals surface area contributed by atoms with Gasteiger partial charge in [0, 0.05) is 37.6 Å². The molecule has 1 amide bonds. The number of carbonyl (C=O) groups is 1. The fourth-order valence-corrected chi connectivity index (χ4v) is 3.22. The first-order valence-corrected chi connectivity index (χ1v) is 8.84. The quantitative estimate of drug-likeness (QED) is 0.738. The number of nitrogens with one attached hydrogen (secondary N) is 1. The molecule has 1 fully saturated rings. The molecule has 0 bridgehead atoms. The predicted molar refractivity (Wildman–Crippen MR) is 108 cm³/mol. The molecule has 7 nitrogen and oxygen atoms in total. The number of anilines is 1. The van der Waals surface area contributed by atoms with E-state index in [2.05, 4.69) is 20.2 Å². The number of morpholine rings is 1. The van der Waals surface area contributed by atoms with Gasteiger partial charge in [-0.3, -0.25) is 4.79 Å². The number of hydrogen-bond acceptors (Lipinski definition) is 7. The molecular formula is C16H23Cl2N5O2S. The van der Waals surface area contributed by atoms with Gasteiger partial charge in [0.2, 0.25) is 0 Å². The van der Waals surface area contributed by atoms with Crippen molar-refractivity contribution in [2.24, 2.45) is 5.73 Å². The Kier molecular flexibility index (Phi) is 9.82. The zero-order valence-corrected chi connectivity index (χ0v) is 16.7. The van der Waals surface area contributed by atoms with E-state index in [-0.39, 0.29) is 30.7 Å². The smallest absolute Gasteiger partial charge is 0.271 e. The average Bonchev–Trinajstić information content (AvgIpc) is 3.10. The minimum absolute atomic E-state index is 0. The number of nitrogens with two attached hydrogens (primary N) is 1. The van der Waals surface area contributed by atoms with Crippen molar-refractivity contribution in [3.05, 3.63) is 40.0 Å². The molecule has 1 saturated heterocycles. The van der Waals surface area contributed by atoms with Crippen LogP contribution in [0.15, 0.2) is 23.7 Å². The van der Waals surface area contributed by atoms with Crippen molar-refractivity contribution in [2.75, 3.05) is 37.7 Å². The van der Waals surface area contributed by atoms with E-state index in [4.69, 9.17) is 10.5 Å². The normalized spacial score (nSPS) is 13.5. The Bertz CT molecular complexity index is 678. The highest BCUT2D eigenvalue weighted by atomic mass is 35.5. The van der Waals surface area contributed by atoms with Crippen LogP contribution in [0.5, 0.6) is 0 Å². The highest BCUT2D eigenvalue weighted by molar-refractivity contribution is 7.09. The van der Waals surface area contributed by atoms with Gasteiger partial charge in [-0.25, -0.2) is 9.97 Å². The van der Waals surface area contributed by atoms with Crippen molar-refractivity contribution in [3.63, 3.8) is 0 Å². The summed E-state index contributed by atoms with van der Waals surface area (Å²) in [6, 6.07) is 3.97. The highest BCUT2D eigenvalue weighted by Gasteiger charge is 2.13. The monoisotopic (exact) mass is 419 g/mol. The lowest BCUT2D eigenvalue weighted by molar-refractivity contribution is 0.0946. The molecule has 3 N–H and O–H groups in total. The fourth-order valence-electron chi connectivity index (χ4n) is 2.43. The summed E-state index contributed by atoms with van der Waals surface area (Å²) in [5, 5.41) is 5.52. The van der Waals surface area contributed by atoms with Crippen molar-refractivity contribution >= 4 is 47.9 Å². The lowest BCUT2D eigenvalue weighted by atomic mass is 10.2. The molecule has 1 aliphatic rings. The molecule has 0 unspecified atom stereocenters. The van der Waals surface area contributed by atoms with E-state index in [1.165, 1.54) is 11.3 Å². The van der Waals surface area contributed by atoms with Crippen molar-refractivity contribution < 1.29 is 9.53 Å². The Labute approximate surface area is 169 Å². The zero-order valence-electron chi connectivity index (χ0n) is 14.2. The minimum Gasteiger partial charge on any atom is -0.378 e. The van der Waals surface area contributed by atoms with E-state index in [1.54, 1.807) is 11.6 Å². The molecule has 0 aromatic carbocycles. The standard InChI is InChI=1S/C16H21N5O2S.2ClH/c17-4-3-15-20-13(11-24-15)16(22)19-10-12-1-2-14(18-9-12)21-5-7-23-8-6-21;;/h1-2,9,11H,3-8,10,17H2,(H,19,22);2*1H. The summed E-state index contributed by atoms with van der Waals surface area (Å²) in [4.78, 5) is 23.1. The van der Waals surface area contributed by atoms with Crippen LogP contribution in [0.1, 0.15) is 21.1 Å². The summed E-state index contributed by atoms with van der Waals surface area (Å²) in [6.45, 7) is 4.16. The van der Waals surface area contributed by atoms with Crippen LogP contribution in [0.2, 0.25) is 0 Å². The number of nitrogens with zero attached hydrogens (tertiary/aromatic N) is 3. The molecule has 0 saturated carbocycles. The first kappa shape index (κ1) is 22.6. The highest BCUT2D eigenvalue weighted by Crippen LogP contribution is 2.13. The minimum atomic E-state index is -0.174. The van der Waals surface area contributed by atoms with Gasteiger partial charge in [0.15, 0.2) is 0 Å². The molecule has 2 aromatic rings. The van der Waals surface area contributed by atoms with Gasteiger partial charge in [-0.1, -0.05) is 6.07 Å². The summed E-state index contributed by atoms with van der Waals surface area (Å²) in [5.41, 5.74) is 6.90. The lowest BCUT2D eigenvalue weighted by Crippen LogP contribution is -2.36. The Morgan fingerprint density at radius 2 is 2.08 bits per heavy atom. The van der Waals surface area contributed by atoms with E-state index in [1.807, 2.05) is 12.1 Å². The van der Waals surface area contributed by atoms with Crippen molar-refractivity contribution in [2.45, 2.75) is 13.0 Å². The van der Waals surface area contributed by atoms with Gasteiger partial charge in [0.1, 0.15) is 11.5 Å². The Morgan fingerprint density at radius 1 is 1.31 bits per heavy atom. The number of pyridine rings is 1. The molecule has 1 aliphatic heterocycles. The molecule has 0 radical (unpaired) electrons. The van der Waals surface area contributed by atoms with Crippen LogP contribution in [0.25, 0.3) is 0 Å². The molecule has 0 aliphatic carbocycles. The van der Waals surface area contributed by atoms with E-state index in [0.29, 0.717) is 25.2 Å².